The zero-order chi connectivity index (χ0) is 10.7. The van der Waals surface area contributed by atoms with Crippen molar-refractivity contribution in [2.75, 3.05) is 0 Å². The third-order valence-electron chi connectivity index (χ3n) is 1.84. The van der Waals surface area contributed by atoms with Crippen LogP contribution in [0.1, 0.15) is 22.8 Å². The average molecular weight is 278 g/mol. The van der Waals surface area contributed by atoms with Gasteiger partial charge in [0.05, 0.1) is 12.0 Å². The van der Waals surface area contributed by atoms with Crippen molar-refractivity contribution in [2.45, 2.75) is 18.9 Å². The summed E-state index contributed by atoms with van der Waals surface area (Å²) in [6.07, 6.45) is 0. The smallest absolute Gasteiger partial charge is 0.181 e. The second-order valence-corrected chi connectivity index (χ2v) is 4.46. The number of Topliss-reactive ketones (excluding diaryl/α,β-unsaturated/α-hetero) is 1. The van der Waals surface area contributed by atoms with Crippen molar-refractivity contribution in [3.63, 3.8) is 0 Å². The molecule has 1 atom stereocenters. The summed E-state index contributed by atoms with van der Waals surface area (Å²) in [6.45, 7) is 1.55. The summed E-state index contributed by atoms with van der Waals surface area (Å²) in [5.74, 6) is -0.145. The van der Waals surface area contributed by atoms with E-state index in [1.165, 1.54) is 0 Å². The van der Waals surface area contributed by atoms with Crippen molar-refractivity contribution in [2.24, 2.45) is 0 Å². The van der Waals surface area contributed by atoms with E-state index in [2.05, 4.69) is 15.9 Å². The first-order valence-corrected chi connectivity index (χ1v) is 5.36. The number of ketones is 1. The number of aliphatic hydroxyl groups excluding tert-OH is 1. The van der Waals surface area contributed by atoms with Gasteiger partial charge in [0, 0.05) is 10.0 Å². The van der Waals surface area contributed by atoms with Gasteiger partial charge in [-0.1, -0.05) is 22.0 Å². The predicted octanol–water partition coefficient (Wildman–Crippen LogP) is 2.75. The lowest BCUT2D eigenvalue weighted by Gasteiger charge is -2.06. The third-order valence-corrected chi connectivity index (χ3v) is 2.73. The first kappa shape index (κ1) is 11.7. The van der Waals surface area contributed by atoms with Gasteiger partial charge in [-0.15, -0.1) is 11.6 Å². The first-order chi connectivity index (χ1) is 6.56. The van der Waals surface area contributed by atoms with E-state index in [0.29, 0.717) is 15.6 Å². The summed E-state index contributed by atoms with van der Waals surface area (Å²) in [4.78, 5) is 11.6. The molecule has 0 radical (unpaired) electrons. The maximum atomic E-state index is 11.6. The van der Waals surface area contributed by atoms with E-state index in [1.54, 1.807) is 25.1 Å². The molecule has 1 N–H and O–H groups in total. The zero-order valence-corrected chi connectivity index (χ0v) is 9.97. The summed E-state index contributed by atoms with van der Waals surface area (Å²) in [5.41, 5.74) is 1.22. The second-order valence-electron chi connectivity index (χ2n) is 2.95. The molecule has 0 aromatic heterocycles. The van der Waals surface area contributed by atoms with Gasteiger partial charge in [-0.05, 0) is 24.6 Å². The highest BCUT2D eigenvalue weighted by atomic mass is 79.9. The molecule has 1 aromatic rings. The number of carbonyl (C=O) groups excluding carboxylic acids is 1. The SMILES string of the molecule is CC(Cl)C(=O)c1cc(CO)ccc1Br. The van der Waals surface area contributed by atoms with Gasteiger partial charge in [0.15, 0.2) is 5.78 Å². The van der Waals surface area contributed by atoms with Gasteiger partial charge in [-0.2, -0.15) is 0 Å². The molecule has 0 aliphatic carbocycles. The molecule has 0 bridgehead atoms. The molecule has 2 nitrogen and oxygen atoms in total. The van der Waals surface area contributed by atoms with Crippen molar-refractivity contribution in [3.05, 3.63) is 33.8 Å². The minimum absolute atomic E-state index is 0.0791. The number of carbonyl (C=O) groups is 1. The Hall–Kier alpha value is -0.380. The molecular formula is C10H10BrClO2. The molecule has 1 aromatic carbocycles. The Morgan fingerprint density at radius 2 is 2.29 bits per heavy atom. The standard InChI is InChI=1S/C10H10BrClO2/c1-6(12)10(14)8-4-7(5-13)2-3-9(8)11/h2-4,6,13H,5H2,1H3. The molecule has 0 heterocycles. The van der Waals surface area contributed by atoms with Crippen LogP contribution in [0.4, 0.5) is 0 Å². The molecule has 14 heavy (non-hydrogen) atoms. The van der Waals surface area contributed by atoms with Crippen LogP contribution < -0.4 is 0 Å². The molecule has 0 saturated heterocycles. The van der Waals surface area contributed by atoms with Crippen molar-refractivity contribution >= 4 is 33.3 Å². The highest BCUT2D eigenvalue weighted by Gasteiger charge is 2.15. The topological polar surface area (TPSA) is 37.3 Å². The molecule has 1 rings (SSSR count). The van der Waals surface area contributed by atoms with Crippen LogP contribution in [0.25, 0.3) is 0 Å². The Kier molecular flexibility index (Phi) is 4.11. The highest BCUT2D eigenvalue weighted by Crippen LogP contribution is 2.21. The zero-order valence-electron chi connectivity index (χ0n) is 7.63. The largest absolute Gasteiger partial charge is 0.392 e. The van der Waals surface area contributed by atoms with E-state index in [-0.39, 0.29) is 12.4 Å². The molecule has 0 fully saturated rings. The minimum Gasteiger partial charge on any atom is -0.392 e. The number of alkyl halides is 1. The minimum atomic E-state index is -0.555. The van der Waals surface area contributed by atoms with Crippen LogP contribution in [0, 0.1) is 0 Å². The summed E-state index contributed by atoms with van der Waals surface area (Å²) in [7, 11) is 0. The summed E-state index contributed by atoms with van der Waals surface area (Å²) < 4.78 is 0.701. The molecule has 0 amide bonds. The van der Waals surface area contributed by atoms with Crippen LogP contribution in [0.15, 0.2) is 22.7 Å². The summed E-state index contributed by atoms with van der Waals surface area (Å²) >= 11 is 8.96. The van der Waals surface area contributed by atoms with Crippen molar-refractivity contribution in [3.8, 4) is 0 Å². The highest BCUT2D eigenvalue weighted by molar-refractivity contribution is 9.10. The molecule has 4 heteroatoms. The fourth-order valence-corrected chi connectivity index (χ4v) is 1.63. The van der Waals surface area contributed by atoms with Crippen LogP contribution >= 0.6 is 27.5 Å². The van der Waals surface area contributed by atoms with Gasteiger partial charge in [-0.25, -0.2) is 0 Å². The Labute approximate surface area is 96.0 Å². The van der Waals surface area contributed by atoms with Crippen molar-refractivity contribution in [1.82, 2.24) is 0 Å². The molecule has 0 aliphatic heterocycles. The predicted molar refractivity (Wildman–Crippen MR) is 59.7 cm³/mol. The summed E-state index contributed by atoms with van der Waals surface area (Å²) in [6, 6.07) is 5.13. The maximum Gasteiger partial charge on any atom is 0.181 e. The molecule has 76 valence electrons. The van der Waals surface area contributed by atoms with Crippen LogP contribution in [0.2, 0.25) is 0 Å². The molecule has 0 spiro atoms. The number of hydrogen-bond acceptors (Lipinski definition) is 2. The van der Waals surface area contributed by atoms with Crippen LogP contribution in [-0.2, 0) is 6.61 Å². The molecule has 1 unspecified atom stereocenters. The van der Waals surface area contributed by atoms with E-state index < -0.39 is 5.38 Å². The molecule has 0 aliphatic rings. The monoisotopic (exact) mass is 276 g/mol. The lowest BCUT2D eigenvalue weighted by atomic mass is 10.1. The molecule has 0 saturated carbocycles. The Bertz CT molecular complexity index is 350. The first-order valence-electron chi connectivity index (χ1n) is 4.14. The summed E-state index contributed by atoms with van der Waals surface area (Å²) in [5, 5.41) is 8.36. The van der Waals surface area contributed by atoms with E-state index in [9.17, 15) is 4.79 Å². The fourth-order valence-electron chi connectivity index (χ4n) is 1.07. The van der Waals surface area contributed by atoms with Gasteiger partial charge in [0.1, 0.15) is 0 Å². The number of hydrogen-bond donors (Lipinski definition) is 1. The lowest BCUT2D eigenvalue weighted by molar-refractivity contribution is 0.0991. The van der Waals surface area contributed by atoms with E-state index >= 15 is 0 Å². The Balaban J connectivity index is 3.12. The fraction of sp³-hybridized carbons (Fsp3) is 0.300. The van der Waals surface area contributed by atoms with Crippen LogP contribution in [-0.4, -0.2) is 16.3 Å². The van der Waals surface area contributed by atoms with Gasteiger partial charge in [0.2, 0.25) is 0 Å². The van der Waals surface area contributed by atoms with Crippen molar-refractivity contribution in [1.29, 1.82) is 0 Å². The van der Waals surface area contributed by atoms with Crippen molar-refractivity contribution < 1.29 is 9.90 Å². The van der Waals surface area contributed by atoms with E-state index in [1.807, 2.05) is 0 Å². The van der Waals surface area contributed by atoms with Gasteiger partial charge >= 0.3 is 0 Å². The number of benzene rings is 1. The number of aliphatic hydroxyl groups is 1. The van der Waals surface area contributed by atoms with Gasteiger partial charge in [0.25, 0.3) is 0 Å². The lowest BCUT2D eigenvalue weighted by Crippen LogP contribution is -2.11. The normalized spacial score (nSPS) is 12.6. The number of rotatable bonds is 3. The van der Waals surface area contributed by atoms with Crippen LogP contribution in [0.5, 0.6) is 0 Å². The Morgan fingerprint density at radius 3 is 2.79 bits per heavy atom. The second kappa shape index (κ2) is 4.91. The quantitative estimate of drug-likeness (QED) is 0.681. The maximum absolute atomic E-state index is 11.6. The molecular weight excluding hydrogens is 267 g/mol. The third kappa shape index (κ3) is 2.56. The van der Waals surface area contributed by atoms with Gasteiger partial charge < -0.3 is 5.11 Å². The number of halogens is 2. The Morgan fingerprint density at radius 1 is 1.64 bits per heavy atom. The van der Waals surface area contributed by atoms with Gasteiger partial charge in [-0.3, -0.25) is 4.79 Å². The van der Waals surface area contributed by atoms with E-state index in [0.717, 1.165) is 0 Å². The van der Waals surface area contributed by atoms with Crippen LogP contribution in [0.3, 0.4) is 0 Å². The average Bonchev–Trinajstić information content (AvgIpc) is 2.17. The van der Waals surface area contributed by atoms with E-state index in [4.69, 9.17) is 16.7 Å².